The minimum atomic E-state index is -0.781. The third-order valence-corrected chi connectivity index (χ3v) is 4.12. The normalized spacial score (nSPS) is 17.2. The molecule has 1 atom stereocenters. The van der Waals surface area contributed by atoms with Crippen LogP contribution in [0.2, 0.25) is 5.02 Å². The lowest BCUT2D eigenvalue weighted by Gasteiger charge is -2.05. The molecule has 1 aromatic carbocycles. The van der Waals surface area contributed by atoms with Gasteiger partial charge in [0.15, 0.2) is 0 Å². The highest BCUT2D eigenvalue weighted by atomic mass is 35.5. The smallest absolute Gasteiger partial charge is 0.312 e. The second-order valence-corrected chi connectivity index (χ2v) is 5.59. The number of carboxylic acids is 1. The standard InChI is InChI=1S/C15H15ClN2O2/c1-18-12-6-5-11(15(19)20)14(12)17-13(18)8-9-3-2-4-10(16)7-9/h2-4,7,11H,5-6,8H2,1H3,(H,19,20). The predicted octanol–water partition coefficient (Wildman–Crippen LogP) is 2.78. The zero-order valence-electron chi connectivity index (χ0n) is 11.1. The number of halogens is 1. The fraction of sp³-hybridized carbons (Fsp3) is 0.333. The molecule has 1 aromatic heterocycles. The average Bonchev–Trinajstić information content (AvgIpc) is 2.92. The molecule has 0 fully saturated rings. The van der Waals surface area contributed by atoms with Crippen LogP contribution in [-0.2, 0) is 24.7 Å². The number of aliphatic carboxylic acids is 1. The van der Waals surface area contributed by atoms with Crippen molar-refractivity contribution in [1.29, 1.82) is 0 Å². The molecule has 0 aliphatic heterocycles. The van der Waals surface area contributed by atoms with Crippen LogP contribution in [0.25, 0.3) is 0 Å². The Labute approximate surface area is 122 Å². The quantitative estimate of drug-likeness (QED) is 0.946. The molecule has 1 N–H and O–H groups in total. The van der Waals surface area contributed by atoms with E-state index in [9.17, 15) is 9.90 Å². The van der Waals surface area contributed by atoms with Gasteiger partial charge in [-0.15, -0.1) is 0 Å². The van der Waals surface area contributed by atoms with Crippen molar-refractivity contribution in [3.05, 3.63) is 52.1 Å². The summed E-state index contributed by atoms with van der Waals surface area (Å²) >= 11 is 5.99. The molecular formula is C15H15ClN2O2. The van der Waals surface area contributed by atoms with Gasteiger partial charge in [-0.05, 0) is 30.5 Å². The number of hydrogen-bond donors (Lipinski definition) is 1. The number of hydrogen-bond acceptors (Lipinski definition) is 2. The van der Waals surface area contributed by atoms with Crippen LogP contribution in [0.5, 0.6) is 0 Å². The van der Waals surface area contributed by atoms with E-state index >= 15 is 0 Å². The van der Waals surface area contributed by atoms with Crippen molar-refractivity contribution in [3.63, 3.8) is 0 Å². The van der Waals surface area contributed by atoms with Crippen molar-refractivity contribution in [2.45, 2.75) is 25.2 Å². The molecule has 1 heterocycles. The van der Waals surface area contributed by atoms with Crippen molar-refractivity contribution >= 4 is 17.6 Å². The first-order valence-electron chi connectivity index (χ1n) is 6.58. The SMILES string of the molecule is Cn1c(Cc2cccc(Cl)c2)nc2c1CCC2C(=O)O. The summed E-state index contributed by atoms with van der Waals surface area (Å²) in [5.41, 5.74) is 2.86. The Morgan fingerprint density at radius 3 is 3.05 bits per heavy atom. The van der Waals surface area contributed by atoms with E-state index in [2.05, 4.69) is 4.98 Å². The van der Waals surface area contributed by atoms with E-state index in [0.717, 1.165) is 29.2 Å². The van der Waals surface area contributed by atoms with E-state index in [0.29, 0.717) is 17.9 Å². The number of benzene rings is 1. The largest absolute Gasteiger partial charge is 0.481 e. The van der Waals surface area contributed by atoms with Gasteiger partial charge in [0.2, 0.25) is 0 Å². The summed E-state index contributed by atoms with van der Waals surface area (Å²) in [6.45, 7) is 0. The number of fused-ring (bicyclic) bond motifs is 1. The number of nitrogens with zero attached hydrogens (tertiary/aromatic N) is 2. The number of rotatable bonds is 3. The molecule has 3 rings (SSSR count). The highest BCUT2D eigenvalue weighted by Crippen LogP contribution is 2.33. The minimum absolute atomic E-state index is 0.454. The van der Waals surface area contributed by atoms with Gasteiger partial charge in [-0.1, -0.05) is 23.7 Å². The fourth-order valence-corrected chi connectivity index (χ4v) is 3.04. The minimum Gasteiger partial charge on any atom is -0.481 e. The van der Waals surface area contributed by atoms with Crippen molar-refractivity contribution in [2.24, 2.45) is 7.05 Å². The summed E-state index contributed by atoms with van der Waals surface area (Å²) in [5.74, 6) is -0.344. The van der Waals surface area contributed by atoms with Crippen molar-refractivity contribution in [3.8, 4) is 0 Å². The van der Waals surface area contributed by atoms with Crippen LogP contribution in [0.4, 0.5) is 0 Å². The van der Waals surface area contributed by atoms with Gasteiger partial charge in [0.05, 0.1) is 5.69 Å². The first-order valence-corrected chi connectivity index (χ1v) is 6.95. The first kappa shape index (κ1) is 13.2. The van der Waals surface area contributed by atoms with Gasteiger partial charge < -0.3 is 9.67 Å². The Bertz CT molecular complexity index is 679. The predicted molar refractivity (Wildman–Crippen MR) is 76.2 cm³/mol. The molecule has 0 radical (unpaired) electrons. The van der Waals surface area contributed by atoms with Crippen LogP contribution < -0.4 is 0 Å². The van der Waals surface area contributed by atoms with Crippen molar-refractivity contribution < 1.29 is 9.90 Å². The molecule has 1 aliphatic rings. The molecular weight excluding hydrogens is 276 g/mol. The summed E-state index contributed by atoms with van der Waals surface area (Å²) in [4.78, 5) is 15.8. The lowest BCUT2D eigenvalue weighted by molar-refractivity contribution is -0.138. The average molecular weight is 291 g/mol. The van der Waals surface area contributed by atoms with Crippen LogP contribution in [0, 0.1) is 0 Å². The summed E-state index contributed by atoms with van der Waals surface area (Å²) in [6.07, 6.45) is 2.10. The van der Waals surface area contributed by atoms with Crippen molar-refractivity contribution in [2.75, 3.05) is 0 Å². The van der Waals surface area contributed by atoms with Gasteiger partial charge in [-0.3, -0.25) is 4.79 Å². The molecule has 104 valence electrons. The maximum absolute atomic E-state index is 11.2. The lowest BCUT2D eigenvalue weighted by atomic mass is 10.1. The molecule has 1 unspecified atom stereocenters. The Morgan fingerprint density at radius 1 is 1.55 bits per heavy atom. The molecule has 5 heteroatoms. The molecule has 0 saturated heterocycles. The molecule has 0 saturated carbocycles. The Kier molecular flexibility index (Phi) is 3.26. The third-order valence-electron chi connectivity index (χ3n) is 3.89. The van der Waals surface area contributed by atoms with Crippen LogP contribution >= 0.6 is 11.6 Å². The number of carboxylic acid groups (broad SMARTS) is 1. The summed E-state index contributed by atoms with van der Waals surface area (Å²) in [5, 5.41) is 9.92. The molecule has 1 aliphatic carbocycles. The molecule has 4 nitrogen and oxygen atoms in total. The highest BCUT2D eigenvalue weighted by Gasteiger charge is 2.33. The Hall–Kier alpha value is -1.81. The topological polar surface area (TPSA) is 55.1 Å². The van der Waals surface area contributed by atoms with E-state index in [1.807, 2.05) is 35.9 Å². The maximum Gasteiger partial charge on any atom is 0.312 e. The maximum atomic E-state index is 11.2. The molecule has 2 aromatic rings. The second-order valence-electron chi connectivity index (χ2n) is 5.16. The Morgan fingerprint density at radius 2 is 2.35 bits per heavy atom. The van der Waals surface area contributed by atoms with E-state index < -0.39 is 11.9 Å². The van der Waals surface area contributed by atoms with E-state index in [-0.39, 0.29) is 0 Å². The van der Waals surface area contributed by atoms with Crippen molar-refractivity contribution in [1.82, 2.24) is 9.55 Å². The summed E-state index contributed by atoms with van der Waals surface area (Å²) in [7, 11) is 1.95. The van der Waals surface area contributed by atoms with Gasteiger partial charge in [0.1, 0.15) is 11.7 Å². The number of carbonyl (C=O) groups is 1. The van der Waals surface area contributed by atoms with Gasteiger partial charge in [0, 0.05) is 24.2 Å². The zero-order valence-corrected chi connectivity index (χ0v) is 11.9. The molecule has 20 heavy (non-hydrogen) atoms. The number of aromatic nitrogens is 2. The Balaban J connectivity index is 1.93. The van der Waals surface area contributed by atoms with Gasteiger partial charge in [-0.25, -0.2) is 4.98 Å². The van der Waals surface area contributed by atoms with Crippen LogP contribution in [0.3, 0.4) is 0 Å². The van der Waals surface area contributed by atoms with Gasteiger partial charge in [-0.2, -0.15) is 0 Å². The monoisotopic (exact) mass is 290 g/mol. The number of imidazole rings is 1. The molecule has 0 amide bonds. The zero-order chi connectivity index (χ0) is 14.3. The van der Waals surface area contributed by atoms with Crippen LogP contribution in [0.15, 0.2) is 24.3 Å². The lowest BCUT2D eigenvalue weighted by Crippen LogP contribution is -2.09. The highest BCUT2D eigenvalue weighted by molar-refractivity contribution is 6.30. The fourth-order valence-electron chi connectivity index (χ4n) is 2.83. The van der Waals surface area contributed by atoms with E-state index in [1.54, 1.807) is 0 Å². The first-order chi connectivity index (χ1) is 9.56. The van der Waals surface area contributed by atoms with Gasteiger partial charge >= 0.3 is 5.97 Å². The van der Waals surface area contributed by atoms with Gasteiger partial charge in [0.25, 0.3) is 0 Å². The third kappa shape index (κ3) is 2.20. The second kappa shape index (κ2) is 4.94. The van der Waals surface area contributed by atoms with E-state index in [1.165, 1.54) is 0 Å². The summed E-state index contributed by atoms with van der Waals surface area (Å²) in [6, 6.07) is 7.66. The summed E-state index contributed by atoms with van der Waals surface area (Å²) < 4.78 is 2.03. The van der Waals surface area contributed by atoms with Crippen LogP contribution in [-0.4, -0.2) is 20.6 Å². The molecule has 0 bridgehead atoms. The molecule has 0 spiro atoms. The van der Waals surface area contributed by atoms with E-state index in [4.69, 9.17) is 11.6 Å². The van der Waals surface area contributed by atoms with Crippen LogP contribution in [0.1, 0.15) is 35.1 Å².